The highest BCUT2D eigenvalue weighted by Crippen LogP contribution is 2.29. The predicted molar refractivity (Wildman–Crippen MR) is 67.1 cm³/mol. The first-order valence-corrected chi connectivity index (χ1v) is 6.24. The van der Waals surface area contributed by atoms with E-state index in [-0.39, 0.29) is 11.8 Å². The Morgan fingerprint density at radius 3 is 2.50 bits per heavy atom. The molecule has 4 heteroatoms. The van der Waals surface area contributed by atoms with Crippen molar-refractivity contribution in [3.8, 4) is 0 Å². The third-order valence-electron chi connectivity index (χ3n) is 3.13. The number of aliphatic carboxylic acids is 1. The van der Waals surface area contributed by atoms with E-state index in [0.717, 1.165) is 18.4 Å². The lowest BCUT2D eigenvalue weighted by atomic mass is 10.1. The van der Waals surface area contributed by atoms with Gasteiger partial charge in [-0.25, -0.2) is 4.79 Å². The minimum absolute atomic E-state index is 0.0450. The zero-order valence-corrected chi connectivity index (χ0v) is 10.1. The molecule has 0 aliphatic heterocycles. The number of hydrogen-bond acceptors (Lipinski definition) is 2. The maximum absolute atomic E-state index is 11.6. The zero-order chi connectivity index (χ0) is 13.0. The molecule has 2 rings (SSSR count). The van der Waals surface area contributed by atoms with Crippen LogP contribution in [0.15, 0.2) is 30.3 Å². The Labute approximate surface area is 106 Å². The molecule has 1 aliphatic rings. The molecule has 0 bridgehead atoms. The van der Waals surface area contributed by atoms with Gasteiger partial charge in [0.25, 0.3) is 0 Å². The molecule has 1 aromatic carbocycles. The molecule has 0 unspecified atom stereocenters. The predicted octanol–water partition coefficient (Wildman–Crippen LogP) is 1.60. The third-order valence-corrected chi connectivity index (χ3v) is 3.13. The van der Waals surface area contributed by atoms with Crippen molar-refractivity contribution in [1.82, 2.24) is 5.32 Å². The van der Waals surface area contributed by atoms with Gasteiger partial charge in [0.1, 0.15) is 6.04 Å². The summed E-state index contributed by atoms with van der Waals surface area (Å²) in [7, 11) is 0. The molecule has 0 spiro atoms. The summed E-state index contributed by atoms with van der Waals surface area (Å²) in [6, 6.07) is 8.91. The van der Waals surface area contributed by atoms with E-state index in [1.807, 2.05) is 30.3 Å². The van der Waals surface area contributed by atoms with Gasteiger partial charge in [-0.15, -0.1) is 0 Å². The standard InChI is InChI=1S/C14H17NO3/c16-13(11-7-8-11)15-12(14(17)18)9-6-10-4-2-1-3-5-10/h1-5,11-12H,6-9H2,(H,15,16)(H,17,18)/t12-/m1/s1. The van der Waals surface area contributed by atoms with E-state index in [9.17, 15) is 9.59 Å². The summed E-state index contributed by atoms with van der Waals surface area (Å²) in [5.74, 6) is -1.03. The number of aryl methyl sites for hydroxylation is 1. The summed E-state index contributed by atoms with van der Waals surface area (Å²) in [4.78, 5) is 22.6. The lowest BCUT2D eigenvalue weighted by Crippen LogP contribution is -2.41. The normalized spacial score (nSPS) is 16.0. The Bertz CT molecular complexity index is 426. The fourth-order valence-corrected chi connectivity index (χ4v) is 1.85. The van der Waals surface area contributed by atoms with Crippen LogP contribution in [0.2, 0.25) is 0 Å². The van der Waals surface area contributed by atoms with Gasteiger partial charge in [-0.05, 0) is 31.2 Å². The van der Waals surface area contributed by atoms with E-state index in [1.54, 1.807) is 0 Å². The van der Waals surface area contributed by atoms with Crippen molar-refractivity contribution in [3.63, 3.8) is 0 Å². The highest BCUT2D eigenvalue weighted by Gasteiger charge is 2.32. The van der Waals surface area contributed by atoms with Crippen LogP contribution in [-0.2, 0) is 16.0 Å². The van der Waals surface area contributed by atoms with Gasteiger partial charge >= 0.3 is 5.97 Å². The Hall–Kier alpha value is -1.84. The van der Waals surface area contributed by atoms with E-state index in [4.69, 9.17) is 5.11 Å². The first kappa shape index (κ1) is 12.6. The number of carboxylic acids is 1. The van der Waals surface area contributed by atoms with E-state index in [1.165, 1.54) is 0 Å². The van der Waals surface area contributed by atoms with Gasteiger partial charge in [0, 0.05) is 5.92 Å². The van der Waals surface area contributed by atoms with Gasteiger partial charge in [-0.2, -0.15) is 0 Å². The summed E-state index contributed by atoms with van der Waals surface area (Å²) in [6.07, 6.45) is 2.86. The lowest BCUT2D eigenvalue weighted by molar-refractivity contribution is -0.142. The monoisotopic (exact) mass is 247 g/mol. The molecule has 0 heterocycles. The average molecular weight is 247 g/mol. The minimum atomic E-state index is -0.958. The zero-order valence-electron chi connectivity index (χ0n) is 10.1. The highest BCUT2D eigenvalue weighted by molar-refractivity contribution is 5.86. The van der Waals surface area contributed by atoms with E-state index >= 15 is 0 Å². The SMILES string of the molecule is O=C(N[C@H](CCc1ccccc1)C(=O)O)C1CC1. The number of carbonyl (C=O) groups is 2. The summed E-state index contributed by atoms with van der Waals surface area (Å²) in [5, 5.41) is 11.7. The number of carboxylic acid groups (broad SMARTS) is 1. The fourth-order valence-electron chi connectivity index (χ4n) is 1.85. The first-order chi connectivity index (χ1) is 8.66. The maximum atomic E-state index is 11.6. The summed E-state index contributed by atoms with van der Waals surface area (Å²) >= 11 is 0. The molecule has 1 amide bonds. The van der Waals surface area contributed by atoms with Crippen LogP contribution >= 0.6 is 0 Å². The second kappa shape index (κ2) is 5.67. The fraction of sp³-hybridized carbons (Fsp3) is 0.429. The smallest absolute Gasteiger partial charge is 0.326 e. The molecular formula is C14H17NO3. The summed E-state index contributed by atoms with van der Waals surface area (Å²) < 4.78 is 0. The number of carbonyl (C=O) groups excluding carboxylic acids is 1. The topological polar surface area (TPSA) is 66.4 Å². The minimum Gasteiger partial charge on any atom is -0.480 e. The van der Waals surface area contributed by atoms with Crippen molar-refractivity contribution in [2.45, 2.75) is 31.7 Å². The molecule has 1 aliphatic carbocycles. The molecule has 18 heavy (non-hydrogen) atoms. The van der Waals surface area contributed by atoms with Crippen LogP contribution < -0.4 is 5.32 Å². The lowest BCUT2D eigenvalue weighted by Gasteiger charge is -2.14. The van der Waals surface area contributed by atoms with Crippen LogP contribution in [0, 0.1) is 5.92 Å². The van der Waals surface area contributed by atoms with Gasteiger partial charge in [0.05, 0.1) is 0 Å². The van der Waals surface area contributed by atoms with Crippen molar-refractivity contribution in [2.75, 3.05) is 0 Å². The van der Waals surface area contributed by atoms with E-state index in [0.29, 0.717) is 12.8 Å². The van der Waals surface area contributed by atoms with Crippen molar-refractivity contribution < 1.29 is 14.7 Å². The summed E-state index contributed by atoms with van der Waals surface area (Å²) in [6.45, 7) is 0. The maximum Gasteiger partial charge on any atom is 0.326 e. The second-order valence-corrected chi connectivity index (χ2v) is 4.70. The molecule has 1 aromatic rings. The van der Waals surface area contributed by atoms with Gasteiger partial charge in [0.15, 0.2) is 0 Å². The van der Waals surface area contributed by atoms with Gasteiger partial charge in [-0.1, -0.05) is 30.3 Å². The third kappa shape index (κ3) is 3.58. The molecule has 0 aromatic heterocycles. The van der Waals surface area contributed by atoms with Crippen molar-refractivity contribution in [2.24, 2.45) is 5.92 Å². The number of hydrogen-bond donors (Lipinski definition) is 2. The van der Waals surface area contributed by atoms with Crippen LogP contribution in [0.4, 0.5) is 0 Å². The molecular weight excluding hydrogens is 230 g/mol. The van der Waals surface area contributed by atoms with Gasteiger partial charge in [-0.3, -0.25) is 4.79 Å². The Morgan fingerprint density at radius 2 is 1.94 bits per heavy atom. The van der Waals surface area contributed by atoms with E-state index < -0.39 is 12.0 Å². The van der Waals surface area contributed by atoms with Crippen LogP contribution in [0.3, 0.4) is 0 Å². The summed E-state index contributed by atoms with van der Waals surface area (Å²) in [5.41, 5.74) is 1.09. The Kier molecular flexibility index (Phi) is 3.97. The average Bonchev–Trinajstić information content (AvgIpc) is 3.19. The molecule has 96 valence electrons. The number of benzene rings is 1. The molecule has 1 fully saturated rings. The molecule has 0 saturated heterocycles. The highest BCUT2D eigenvalue weighted by atomic mass is 16.4. The van der Waals surface area contributed by atoms with E-state index in [2.05, 4.69) is 5.32 Å². The van der Waals surface area contributed by atoms with Crippen molar-refractivity contribution in [3.05, 3.63) is 35.9 Å². The molecule has 4 nitrogen and oxygen atoms in total. The Balaban J connectivity index is 1.86. The Morgan fingerprint density at radius 1 is 1.28 bits per heavy atom. The number of amides is 1. The van der Waals surface area contributed by atoms with Crippen LogP contribution in [0.5, 0.6) is 0 Å². The molecule has 2 N–H and O–H groups in total. The van der Waals surface area contributed by atoms with Crippen LogP contribution in [0.25, 0.3) is 0 Å². The molecule has 1 atom stereocenters. The van der Waals surface area contributed by atoms with Crippen LogP contribution in [0.1, 0.15) is 24.8 Å². The van der Waals surface area contributed by atoms with Gasteiger partial charge in [0.2, 0.25) is 5.91 Å². The van der Waals surface area contributed by atoms with Crippen molar-refractivity contribution >= 4 is 11.9 Å². The number of rotatable bonds is 6. The second-order valence-electron chi connectivity index (χ2n) is 4.70. The molecule has 0 radical (unpaired) electrons. The quantitative estimate of drug-likeness (QED) is 0.802. The largest absolute Gasteiger partial charge is 0.480 e. The van der Waals surface area contributed by atoms with Crippen molar-refractivity contribution in [1.29, 1.82) is 0 Å². The first-order valence-electron chi connectivity index (χ1n) is 6.24. The van der Waals surface area contributed by atoms with Crippen LogP contribution in [-0.4, -0.2) is 23.0 Å². The molecule has 1 saturated carbocycles. The number of nitrogens with one attached hydrogen (secondary N) is 1. The van der Waals surface area contributed by atoms with Gasteiger partial charge < -0.3 is 10.4 Å².